The molecule has 1 amide bonds. The number of Topliss-reactive ketones (excluding diaryl/α,β-unsaturated/α-hetero) is 2. The van der Waals surface area contributed by atoms with Gasteiger partial charge in [-0.1, -0.05) is 0 Å². The van der Waals surface area contributed by atoms with Crippen molar-refractivity contribution in [2.75, 3.05) is 33.1 Å². The van der Waals surface area contributed by atoms with Crippen molar-refractivity contribution in [2.45, 2.75) is 24.5 Å². The summed E-state index contributed by atoms with van der Waals surface area (Å²) in [5.41, 5.74) is 3.02. The number of allylic oxidation sites excluding steroid dienone is 1. The second-order valence-electron chi connectivity index (χ2n) is 9.31. The molecule has 3 aliphatic carbocycles. The molecule has 4 atom stereocenters. The summed E-state index contributed by atoms with van der Waals surface area (Å²) in [6.45, 7) is 0. The molecular formula is C23H31Cl2N3O8. The SMILES string of the molecule is CN(C)c1ccc(O)c2c1C[C@H]1C[C@H]3[C@H](N(C)C)C(O)=C(C(N)=O)C(=O)[C@@]3(O)C(O)=C1C2=O.Cl.Cl.O. The number of carbonyl (C=O) groups excluding carboxylic acids is 3. The van der Waals surface area contributed by atoms with Crippen molar-refractivity contribution in [3.8, 4) is 5.75 Å². The first-order valence-electron chi connectivity index (χ1n) is 10.5. The number of fused-ring (bicyclic) bond motifs is 3. The molecule has 1 aromatic rings. The van der Waals surface area contributed by atoms with Gasteiger partial charge in [0, 0.05) is 31.3 Å². The van der Waals surface area contributed by atoms with Gasteiger partial charge in [-0.25, -0.2) is 0 Å². The maximum Gasteiger partial charge on any atom is 0.255 e. The number of aliphatic hydroxyl groups excluding tert-OH is 2. The zero-order valence-electron chi connectivity index (χ0n) is 20.1. The number of nitrogens with zero attached hydrogens (tertiary/aromatic N) is 2. The van der Waals surface area contributed by atoms with E-state index >= 15 is 0 Å². The summed E-state index contributed by atoms with van der Waals surface area (Å²) < 4.78 is 0. The molecule has 0 aliphatic heterocycles. The number of phenolic OH excluding ortho intramolecular Hbond substituents is 1. The molecule has 0 spiro atoms. The summed E-state index contributed by atoms with van der Waals surface area (Å²) in [6, 6.07) is 2.06. The number of aliphatic hydroxyl groups is 3. The highest BCUT2D eigenvalue weighted by Crippen LogP contribution is 2.52. The normalized spacial score (nSPS) is 26.7. The van der Waals surface area contributed by atoms with Crippen LogP contribution in [-0.4, -0.2) is 88.1 Å². The molecule has 0 unspecified atom stereocenters. The molecule has 3 aliphatic rings. The molecule has 13 heteroatoms. The van der Waals surface area contributed by atoms with Crippen molar-refractivity contribution in [3.63, 3.8) is 0 Å². The number of nitrogens with two attached hydrogens (primary N) is 1. The van der Waals surface area contributed by atoms with E-state index in [1.165, 1.54) is 11.0 Å². The topological polar surface area (TPSA) is 196 Å². The summed E-state index contributed by atoms with van der Waals surface area (Å²) in [4.78, 5) is 42.0. The highest BCUT2D eigenvalue weighted by Gasteiger charge is 2.63. The molecule has 0 saturated heterocycles. The number of hydrogen-bond acceptors (Lipinski definition) is 9. The van der Waals surface area contributed by atoms with Crippen molar-refractivity contribution in [1.82, 2.24) is 4.90 Å². The fourth-order valence-electron chi connectivity index (χ4n) is 5.65. The van der Waals surface area contributed by atoms with E-state index in [-0.39, 0.29) is 60.0 Å². The van der Waals surface area contributed by atoms with Crippen LogP contribution in [0.5, 0.6) is 5.75 Å². The molecule has 200 valence electrons. The molecule has 0 heterocycles. The van der Waals surface area contributed by atoms with Gasteiger partial charge in [-0.3, -0.25) is 19.3 Å². The lowest BCUT2D eigenvalue weighted by molar-refractivity contribution is -0.148. The largest absolute Gasteiger partial charge is 0.510 e. The molecule has 1 aromatic carbocycles. The number of halogens is 2. The van der Waals surface area contributed by atoms with Gasteiger partial charge in [-0.05, 0) is 50.6 Å². The monoisotopic (exact) mass is 547 g/mol. The Morgan fingerprint density at radius 3 is 2.17 bits per heavy atom. The van der Waals surface area contributed by atoms with Crippen LogP contribution in [0.25, 0.3) is 0 Å². The Balaban J connectivity index is 0.00000216. The maximum atomic E-state index is 13.5. The lowest BCUT2D eigenvalue weighted by atomic mass is 9.58. The fourth-order valence-corrected chi connectivity index (χ4v) is 5.65. The number of benzene rings is 1. The van der Waals surface area contributed by atoms with Crippen LogP contribution in [0.4, 0.5) is 5.69 Å². The van der Waals surface area contributed by atoms with Crippen LogP contribution in [-0.2, 0) is 16.0 Å². The molecular weight excluding hydrogens is 517 g/mol. The van der Waals surface area contributed by atoms with E-state index in [1.807, 2.05) is 0 Å². The molecule has 11 nitrogen and oxygen atoms in total. The molecule has 8 N–H and O–H groups in total. The number of hydrogen-bond donors (Lipinski definition) is 5. The summed E-state index contributed by atoms with van der Waals surface area (Å²) in [7, 11) is 6.79. The van der Waals surface area contributed by atoms with E-state index in [9.17, 15) is 34.8 Å². The van der Waals surface area contributed by atoms with Gasteiger partial charge >= 0.3 is 0 Å². The molecule has 0 fully saturated rings. The third kappa shape index (κ3) is 4.00. The van der Waals surface area contributed by atoms with Gasteiger partial charge in [-0.2, -0.15) is 0 Å². The Bertz CT molecular complexity index is 1180. The van der Waals surface area contributed by atoms with Gasteiger partial charge in [0.1, 0.15) is 22.8 Å². The number of amides is 1. The van der Waals surface area contributed by atoms with E-state index < -0.39 is 58.0 Å². The maximum absolute atomic E-state index is 13.5. The molecule has 0 saturated carbocycles. The number of carbonyl (C=O) groups is 3. The van der Waals surface area contributed by atoms with E-state index in [4.69, 9.17) is 5.73 Å². The zero-order chi connectivity index (χ0) is 24.6. The van der Waals surface area contributed by atoms with Gasteiger partial charge in [-0.15, -0.1) is 24.8 Å². The summed E-state index contributed by atoms with van der Waals surface area (Å²) >= 11 is 0. The standard InChI is InChI=1S/C23H27N3O7.2ClH.H2O/c1-25(2)12-5-6-13(27)15-10(12)7-9-8-11-17(26(3)4)19(29)16(22(24)32)21(31)23(11,33)20(30)14(9)18(15)28;;;/h5-6,9,11,17,27,29-30,33H,7-8H2,1-4H3,(H2,24,32);2*1H;1H2/t9-,11-,17-,23-;;;/m0.../s1. The van der Waals surface area contributed by atoms with E-state index in [0.29, 0.717) is 5.56 Å². The molecule has 0 aromatic heterocycles. The van der Waals surface area contributed by atoms with Crippen molar-refractivity contribution >= 4 is 48.0 Å². The van der Waals surface area contributed by atoms with Crippen LogP contribution in [0, 0.1) is 11.8 Å². The fraction of sp³-hybridized carbons (Fsp3) is 0.435. The van der Waals surface area contributed by atoms with Crippen LogP contribution in [0.15, 0.2) is 34.8 Å². The first kappa shape index (κ1) is 31.2. The average Bonchev–Trinajstić information content (AvgIpc) is 2.70. The lowest BCUT2D eigenvalue weighted by Crippen LogP contribution is -2.63. The Labute approximate surface area is 220 Å². The average molecular weight is 548 g/mol. The first-order chi connectivity index (χ1) is 15.3. The van der Waals surface area contributed by atoms with Crippen molar-refractivity contribution < 1.29 is 40.3 Å². The highest BCUT2D eigenvalue weighted by atomic mass is 35.5. The number of likely N-dealkylation sites (N-methyl/N-ethyl adjacent to an activating group) is 1. The van der Waals surface area contributed by atoms with Crippen molar-refractivity contribution in [3.05, 3.63) is 45.9 Å². The summed E-state index contributed by atoms with van der Waals surface area (Å²) in [5, 5.41) is 43.9. The van der Waals surface area contributed by atoms with Crippen LogP contribution in [0.1, 0.15) is 22.3 Å². The lowest BCUT2D eigenvalue weighted by Gasteiger charge is -2.50. The van der Waals surface area contributed by atoms with Gasteiger partial charge in [0.25, 0.3) is 5.91 Å². The number of anilines is 1. The Morgan fingerprint density at radius 2 is 1.67 bits per heavy atom. The third-order valence-corrected chi connectivity index (χ3v) is 7.06. The molecule has 36 heavy (non-hydrogen) atoms. The second-order valence-corrected chi connectivity index (χ2v) is 9.31. The number of primary amides is 1. The highest BCUT2D eigenvalue weighted by molar-refractivity contribution is 6.24. The quantitative estimate of drug-likeness (QED) is 0.328. The minimum Gasteiger partial charge on any atom is -0.510 e. The van der Waals surface area contributed by atoms with E-state index in [2.05, 4.69) is 0 Å². The van der Waals surface area contributed by atoms with Gasteiger partial charge in [0.05, 0.1) is 11.6 Å². The molecule has 0 bridgehead atoms. The third-order valence-electron chi connectivity index (χ3n) is 7.06. The van der Waals surface area contributed by atoms with E-state index in [0.717, 1.165) is 5.69 Å². The summed E-state index contributed by atoms with van der Waals surface area (Å²) in [5.74, 6) is -6.53. The van der Waals surface area contributed by atoms with Crippen molar-refractivity contribution in [2.24, 2.45) is 17.6 Å². The Morgan fingerprint density at radius 1 is 1.08 bits per heavy atom. The number of aromatic hydroxyl groups is 1. The predicted molar refractivity (Wildman–Crippen MR) is 136 cm³/mol. The van der Waals surface area contributed by atoms with Gasteiger partial charge in [0.15, 0.2) is 11.4 Å². The first-order valence-corrected chi connectivity index (χ1v) is 10.5. The van der Waals surface area contributed by atoms with Gasteiger partial charge in [0.2, 0.25) is 5.78 Å². The van der Waals surface area contributed by atoms with Crippen molar-refractivity contribution in [1.29, 1.82) is 0 Å². The second kappa shape index (κ2) is 10.3. The minimum atomic E-state index is -2.63. The Kier molecular flexibility index (Phi) is 8.90. The van der Waals surface area contributed by atoms with E-state index in [1.54, 1.807) is 39.2 Å². The van der Waals surface area contributed by atoms with Crippen LogP contribution < -0.4 is 10.6 Å². The predicted octanol–water partition coefficient (Wildman–Crippen LogP) is 0.205. The zero-order valence-corrected chi connectivity index (χ0v) is 21.7. The summed E-state index contributed by atoms with van der Waals surface area (Å²) in [6.07, 6.45) is 0.324. The molecule has 4 rings (SSSR count). The number of phenols is 1. The molecule has 0 radical (unpaired) electrons. The number of rotatable bonds is 3. The smallest absolute Gasteiger partial charge is 0.255 e. The van der Waals surface area contributed by atoms with Crippen LogP contribution >= 0.6 is 24.8 Å². The Hall–Kier alpha value is -2.83. The number of ketones is 2. The minimum absolute atomic E-state index is 0. The van der Waals surface area contributed by atoms with Crippen LogP contribution in [0.2, 0.25) is 0 Å². The van der Waals surface area contributed by atoms with Gasteiger partial charge < -0.3 is 36.5 Å². The van der Waals surface area contributed by atoms with Crippen LogP contribution in [0.3, 0.4) is 0 Å².